The molecule has 0 saturated carbocycles. The summed E-state index contributed by atoms with van der Waals surface area (Å²) >= 11 is 7.42. The van der Waals surface area contributed by atoms with Gasteiger partial charge in [0.2, 0.25) is 0 Å². The lowest BCUT2D eigenvalue weighted by Gasteiger charge is -2.11. The number of methoxy groups -OCH3 is 1. The number of halogens is 1. The Morgan fingerprint density at radius 2 is 2.10 bits per heavy atom. The lowest BCUT2D eigenvalue weighted by molar-refractivity contribution is 0.286. The minimum Gasteiger partial charge on any atom is -0.493 e. The molecular formula is C16H20ClNO2S. The van der Waals surface area contributed by atoms with E-state index in [1.165, 1.54) is 0 Å². The van der Waals surface area contributed by atoms with Gasteiger partial charge in [-0.1, -0.05) is 6.07 Å². The van der Waals surface area contributed by atoms with Crippen molar-refractivity contribution in [2.75, 3.05) is 13.7 Å². The molecule has 0 fully saturated rings. The second kappa shape index (κ2) is 8.25. The van der Waals surface area contributed by atoms with Crippen LogP contribution in [0.2, 0.25) is 0 Å². The highest BCUT2D eigenvalue weighted by atomic mass is 35.5. The molecule has 0 spiro atoms. The first-order chi connectivity index (χ1) is 10.2. The van der Waals surface area contributed by atoms with E-state index in [0.29, 0.717) is 12.5 Å². The zero-order chi connectivity index (χ0) is 15.1. The van der Waals surface area contributed by atoms with Crippen LogP contribution in [-0.2, 0) is 12.3 Å². The van der Waals surface area contributed by atoms with Crippen molar-refractivity contribution >= 4 is 22.9 Å². The van der Waals surface area contributed by atoms with Crippen molar-refractivity contribution in [2.45, 2.75) is 32.1 Å². The Hall–Kier alpha value is -1.26. The van der Waals surface area contributed by atoms with Crippen molar-refractivity contribution in [3.05, 3.63) is 39.8 Å². The van der Waals surface area contributed by atoms with E-state index < -0.39 is 0 Å². The van der Waals surface area contributed by atoms with Crippen LogP contribution in [0.15, 0.2) is 23.6 Å². The molecule has 0 N–H and O–H groups in total. The smallest absolute Gasteiger partial charge is 0.161 e. The lowest BCUT2D eigenvalue weighted by Crippen LogP contribution is -2.00. The van der Waals surface area contributed by atoms with Gasteiger partial charge in [0.15, 0.2) is 11.5 Å². The average Bonchev–Trinajstić information content (AvgIpc) is 2.96. The van der Waals surface area contributed by atoms with Crippen molar-refractivity contribution in [1.29, 1.82) is 0 Å². The van der Waals surface area contributed by atoms with Crippen LogP contribution in [0.1, 0.15) is 29.1 Å². The van der Waals surface area contributed by atoms with Gasteiger partial charge in [0.25, 0.3) is 0 Å². The summed E-state index contributed by atoms with van der Waals surface area (Å²) in [6.07, 6.45) is 3.03. The third-order valence-electron chi connectivity index (χ3n) is 3.10. The molecule has 0 aliphatic carbocycles. The van der Waals surface area contributed by atoms with E-state index in [1.807, 2.05) is 30.5 Å². The van der Waals surface area contributed by atoms with Crippen molar-refractivity contribution in [3.63, 3.8) is 0 Å². The molecule has 0 aliphatic rings. The molecule has 1 aromatic carbocycles. The van der Waals surface area contributed by atoms with Gasteiger partial charge in [-0.25, -0.2) is 4.98 Å². The molecule has 0 atom stereocenters. The number of ether oxygens (including phenoxy) is 2. The maximum absolute atomic E-state index is 5.78. The van der Waals surface area contributed by atoms with E-state index in [-0.39, 0.29) is 0 Å². The molecule has 3 nitrogen and oxygen atoms in total. The Bertz CT molecular complexity index is 571. The standard InChI is InChI=1S/C16H20ClNO2S/c1-12-6-7-14(15(9-12)19-2)20-8-4-3-5-16-18-13(10-17)11-21-16/h6-7,9,11H,3-5,8,10H2,1-2H3. The fraction of sp³-hybridized carbons (Fsp3) is 0.438. The highest BCUT2D eigenvalue weighted by Crippen LogP contribution is 2.27. The third-order valence-corrected chi connectivity index (χ3v) is 4.33. The number of hydrogen-bond acceptors (Lipinski definition) is 4. The summed E-state index contributed by atoms with van der Waals surface area (Å²) in [4.78, 5) is 4.45. The van der Waals surface area contributed by atoms with Crippen LogP contribution in [-0.4, -0.2) is 18.7 Å². The first-order valence-corrected chi connectivity index (χ1v) is 8.41. The molecule has 0 bridgehead atoms. The lowest BCUT2D eigenvalue weighted by atomic mass is 10.2. The van der Waals surface area contributed by atoms with Crippen LogP contribution >= 0.6 is 22.9 Å². The zero-order valence-electron chi connectivity index (χ0n) is 12.4. The fourth-order valence-electron chi connectivity index (χ4n) is 1.98. The summed E-state index contributed by atoms with van der Waals surface area (Å²) in [7, 11) is 1.67. The number of rotatable bonds is 8. The maximum atomic E-state index is 5.78. The summed E-state index contributed by atoms with van der Waals surface area (Å²) in [6, 6.07) is 5.97. The van der Waals surface area contributed by atoms with Gasteiger partial charge < -0.3 is 9.47 Å². The molecule has 1 heterocycles. The number of unbranched alkanes of at least 4 members (excludes halogenated alkanes) is 1. The number of aryl methyl sites for hydroxylation is 2. The van der Waals surface area contributed by atoms with Crippen LogP contribution in [0.4, 0.5) is 0 Å². The summed E-state index contributed by atoms with van der Waals surface area (Å²) in [5, 5.41) is 3.18. The number of thiazole rings is 1. The number of alkyl halides is 1. The Kier molecular flexibility index (Phi) is 6.33. The van der Waals surface area contributed by atoms with E-state index in [1.54, 1.807) is 18.4 Å². The maximum Gasteiger partial charge on any atom is 0.161 e. The van der Waals surface area contributed by atoms with Crippen molar-refractivity contribution < 1.29 is 9.47 Å². The van der Waals surface area contributed by atoms with Gasteiger partial charge in [-0.15, -0.1) is 22.9 Å². The normalized spacial score (nSPS) is 10.6. The third kappa shape index (κ3) is 4.90. The van der Waals surface area contributed by atoms with Gasteiger partial charge in [0.05, 0.1) is 30.3 Å². The molecule has 0 aliphatic heterocycles. The van der Waals surface area contributed by atoms with Gasteiger partial charge in [-0.05, 0) is 43.9 Å². The molecule has 0 saturated heterocycles. The van der Waals surface area contributed by atoms with Gasteiger partial charge in [0.1, 0.15) is 0 Å². The minimum atomic E-state index is 0.493. The molecule has 5 heteroatoms. The van der Waals surface area contributed by atoms with Gasteiger partial charge >= 0.3 is 0 Å². The van der Waals surface area contributed by atoms with Gasteiger partial charge in [-0.2, -0.15) is 0 Å². The largest absolute Gasteiger partial charge is 0.493 e. The van der Waals surface area contributed by atoms with Crippen molar-refractivity contribution in [2.24, 2.45) is 0 Å². The predicted molar refractivity (Wildman–Crippen MR) is 87.8 cm³/mol. The summed E-state index contributed by atoms with van der Waals surface area (Å²) in [5.41, 5.74) is 2.13. The highest BCUT2D eigenvalue weighted by molar-refractivity contribution is 7.09. The number of nitrogens with zero attached hydrogens (tertiary/aromatic N) is 1. The van der Waals surface area contributed by atoms with Crippen molar-refractivity contribution in [1.82, 2.24) is 4.98 Å². The molecule has 21 heavy (non-hydrogen) atoms. The van der Waals surface area contributed by atoms with E-state index in [0.717, 1.165) is 47.0 Å². The van der Waals surface area contributed by atoms with E-state index in [4.69, 9.17) is 21.1 Å². The van der Waals surface area contributed by atoms with E-state index in [9.17, 15) is 0 Å². The molecular weight excluding hydrogens is 306 g/mol. The molecule has 0 amide bonds. The number of hydrogen-bond donors (Lipinski definition) is 0. The first-order valence-electron chi connectivity index (χ1n) is 6.99. The van der Waals surface area contributed by atoms with Crippen LogP contribution in [0.3, 0.4) is 0 Å². The summed E-state index contributed by atoms with van der Waals surface area (Å²) < 4.78 is 11.1. The van der Waals surface area contributed by atoms with Crippen LogP contribution in [0.5, 0.6) is 11.5 Å². The number of aromatic nitrogens is 1. The number of benzene rings is 1. The highest BCUT2D eigenvalue weighted by Gasteiger charge is 2.05. The fourth-order valence-corrected chi connectivity index (χ4v) is 3.05. The molecule has 114 valence electrons. The van der Waals surface area contributed by atoms with Crippen LogP contribution in [0, 0.1) is 6.92 Å². The Morgan fingerprint density at radius 1 is 1.24 bits per heavy atom. The topological polar surface area (TPSA) is 31.4 Å². The summed E-state index contributed by atoms with van der Waals surface area (Å²) in [6.45, 7) is 2.72. The van der Waals surface area contributed by atoms with Crippen LogP contribution in [0.25, 0.3) is 0 Å². The van der Waals surface area contributed by atoms with Gasteiger partial charge in [0, 0.05) is 5.38 Å². The Morgan fingerprint density at radius 3 is 2.81 bits per heavy atom. The second-order valence-corrected chi connectivity index (χ2v) is 6.04. The zero-order valence-corrected chi connectivity index (χ0v) is 14.0. The quantitative estimate of drug-likeness (QED) is 0.525. The average molecular weight is 326 g/mol. The molecule has 0 radical (unpaired) electrons. The second-order valence-electron chi connectivity index (χ2n) is 4.83. The van der Waals surface area contributed by atoms with Crippen molar-refractivity contribution in [3.8, 4) is 11.5 Å². The van der Waals surface area contributed by atoms with Crippen LogP contribution < -0.4 is 9.47 Å². The first kappa shape index (κ1) is 16.1. The molecule has 1 aromatic heterocycles. The molecule has 0 unspecified atom stereocenters. The van der Waals surface area contributed by atoms with E-state index in [2.05, 4.69) is 4.98 Å². The molecule has 2 aromatic rings. The SMILES string of the molecule is COc1cc(C)ccc1OCCCCc1nc(CCl)cs1. The Labute approximate surface area is 134 Å². The summed E-state index contributed by atoms with van der Waals surface area (Å²) in [5.74, 6) is 2.09. The predicted octanol–water partition coefficient (Wildman–Crippen LogP) is 4.60. The minimum absolute atomic E-state index is 0.493. The van der Waals surface area contributed by atoms with E-state index >= 15 is 0 Å². The monoisotopic (exact) mass is 325 g/mol. The van der Waals surface area contributed by atoms with Gasteiger partial charge in [-0.3, -0.25) is 0 Å². The Balaban J connectivity index is 1.72. The molecule has 2 rings (SSSR count).